The van der Waals surface area contributed by atoms with Crippen LogP contribution in [-0.4, -0.2) is 13.7 Å². The lowest BCUT2D eigenvalue weighted by Crippen LogP contribution is -2.16. The molecular formula is C16H21NO2. The van der Waals surface area contributed by atoms with Gasteiger partial charge in [-0.25, -0.2) is 0 Å². The summed E-state index contributed by atoms with van der Waals surface area (Å²) < 4.78 is 11.3. The highest BCUT2D eigenvalue weighted by molar-refractivity contribution is 5.33. The molecule has 0 radical (unpaired) electrons. The van der Waals surface area contributed by atoms with Gasteiger partial charge in [0.2, 0.25) is 0 Å². The van der Waals surface area contributed by atoms with Gasteiger partial charge in [-0.2, -0.15) is 0 Å². The Morgan fingerprint density at radius 2 is 1.84 bits per heavy atom. The van der Waals surface area contributed by atoms with Crippen LogP contribution in [0.3, 0.4) is 0 Å². The summed E-state index contributed by atoms with van der Waals surface area (Å²) in [6.45, 7) is 4.76. The third kappa shape index (κ3) is 3.18. The molecule has 2 rings (SSSR count). The molecular weight excluding hydrogens is 238 g/mol. The molecule has 0 fully saturated rings. The molecule has 102 valence electrons. The lowest BCUT2D eigenvalue weighted by atomic mass is 10.0. The van der Waals surface area contributed by atoms with Gasteiger partial charge in [-0.1, -0.05) is 19.1 Å². The molecule has 0 aliphatic heterocycles. The molecule has 1 N–H and O–H groups in total. The highest BCUT2D eigenvalue weighted by Crippen LogP contribution is 2.25. The van der Waals surface area contributed by atoms with E-state index in [1.54, 1.807) is 0 Å². The van der Waals surface area contributed by atoms with E-state index < -0.39 is 0 Å². The second-order valence-electron chi connectivity index (χ2n) is 4.38. The normalized spacial score (nSPS) is 12.4. The van der Waals surface area contributed by atoms with E-state index in [4.69, 9.17) is 9.15 Å². The Labute approximate surface area is 114 Å². The maximum Gasteiger partial charge on any atom is 0.125 e. The van der Waals surface area contributed by atoms with Crippen molar-refractivity contribution in [3.63, 3.8) is 0 Å². The van der Waals surface area contributed by atoms with E-state index >= 15 is 0 Å². The molecule has 0 aliphatic rings. The molecule has 1 unspecified atom stereocenters. The molecule has 1 heterocycles. The Morgan fingerprint density at radius 1 is 1.11 bits per heavy atom. The van der Waals surface area contributed by atoms with E-state index in [1.165, 1.54) is 5.56 Å². The summed E-state index contributed by atoms with van der Waals surface area (Å²) in [5, 5.41) is 3.29. The van der Waals surface area contributed by atoms with Gasteiger partial charge in [0.1, 0.15) is 17.3 Å². The molecule has 0 aliphatic carbocycles. The van der Waals surface area contributed by atoms with Crippen LogP contribution < -0.4 is 10.1 Å². The number of rotatable bonds is 6. The van der Waals surface area contributed by atoms with E-state index in [1.807, 2.05) is 38.2 Å². The highest BCUT2D eigenvalue weighted by Gasteiger charge is 2.15. The Kier molecular flexibility index (Phi) is 4.63. The van der Waals surface area contributed by atoms with Crippen LogP contribution in [0.1, 0.15) is 37.0 Å². The predicted octanol–water partition coefficient (Wildman–Crippen LogP) is 3.55. The smallest absolute Gasteiger partial charge is 0.125 e. The molecule has 19 heavy (non-hydrogen) atoms. The third-order valence-corrected chi connectivity index (χ3v) is 3.13. The van der Waals surface area contributed by atoms with E-state index in [0.717, 1.165) is 23.7 Å². The molecule has 2 aromatic rings. The molecule has 0 spiro atoms. The van der Waals surface area contributed by atoms with Crippen LogP contribution in [0.15, 0.2) is 40.8 Å². The molecule has 1 atom stereocenters. The monoisotopic (exact) mass is 259 g/mol. The Morgan fingerprint density at radius 3 is 2.37 bits per heavy atom. The van der Waals surface area contributed by atoms with Crippen molar-refractivity contribution in [3.8, 4) is 5.75 Å². The largest absolute Gasteiger partial charge is 0.494 e. The maximum absolute atomic E-state index is 5.82. The van der Waals surface area contributed by atoms with Crippen LogP contribution in [-0.2, 0) is 6.42 Å². The summed E-state index contributed by atoms with van der Waals surface area (Å²) >= 11 is 0. The Balaban J connectivity index is 2.21. The van der Waals surface area contributed by atoms with E-state index in [-0.39, 0.29) is 6.04 Å². The first-order chi connectivity index (χ1) is 9.28. The summed E-state index contributed by atoms with van der Waals surface area (Å²) in [7, 11) is 1.94. The minimum Gasteiger partial charge on any atom is -0.494 e. The van der Waals surface area contributed by atoms with Gasteiger partial charge in [0.15, 0.2) is 0 Å². The summed E-state index contributed by atoms with van der Waals surface area (Å²) in [4.78, 5) is 0. The number of hydrogen-bond acceptors (Lipinski definition) is 3. The van der Waals surface area contributed by atoms with Crippen molar-refractivity contribution in [2.45, 2.75) is 26.3 Å². The van der Waals surface area contributed by atoms with E-state index in [2.05, 4.69) is 24.4 Å². The van der Waals surface area contributed by atoms with Gasteiger partial charge in [0, 0.05) is 6.42 Å². The van der Waals surface area contributed by atoms with Crippen molar-refractivity contribution in [1.29, 1.82) is 0 Å². The number of furan rings is 1. The lowest BCUT2D eigenvalue weighted by Gasteiger charge is -2.14. The van der Waals surface area contributed by atoms with Crippen molar-refractivity contribution in [2.75, 3.05) is 13.7 Å². The SMILES string of the molecule is CCOc1ccc(C(NC)c2ccc(CC)o2)cc1. The maximum atomic E-state index is 5.82. The van der Waals surface area contributed by atoms with Gasteiger partial charge in [0.25, 0.3) is 0 Å². The second-order valence-corrected chi connectivity index (χ2v) is 4.38. The fourth-order valence-electron chi connectivity index (χ4n) is 2.14. The zero-order valence-electron chi connectivity index (χ0n) is 11.8. The standard InChI is InChI=1S/C16H21NO2/c1-4-13-10-11-15(19-13)16(17-3)12-6-8-14(9-7-12)18-5-2/h6-11,16-17H,4-5H2,1-3H3. The number of hydrogen-bond donors (Lipinski definition) is 1. The number of aryl methyl sites for hydroxylation is 1. The summed E-state index contributed by atoms with van der Waals surface area (Å²) in [5.74, 6) is 2.86. The second kappa shape index (κ2) is 6.43. The molecule has 1 aromatic carbocycles. The molecule has 3 nitrogen and oxygen atoms in total. The van der Waals surface area contributed by atoms with Crippen molar-refractivity contribution in [3.05, 3.63) is 53.5 Å². The fraction of sp³-hybridized carbons (Fsp3) is 0.375. The van der Waals surface area contributed by atoms with Gasteiger partial charge in [0.05, 0.1) is 12.6 Å². The average Bonchev–Trinajstić information content (AvgIpc) is 2.91. The molecule has 0 saturated carbocycles. The van der Waals surface area contributed by atoms with Crippen molar-refractivity contribution in [2.24, 2.45) is 0 Å². The van der Waals surface area contributed by atoms with Crippen molar-refractivity contribution in [1.82, 2.24) is 5.32 Å². The third-order valence-electron chi connectivity index (χ3n) is 3.13. The Hall–Kier alpha value is -1.74. The highest BCUT2D eigenvalue weighted by atomic mass is 16.5. The molecule has 0 saturated heterocycles. The van der Waals surface area contributed by atoms with Crippen molar-refractivity contribution >= 4 is 0 Å². The van der Waals surface area contributed by atoms with E-state index in [0.29, 0.717) is 6.61 Å². The first-order valence-electron chi connectivity index (χ1n) is 6.77. The van der Waals surface area contributed by atoms with Crippen LogP contribution in [0.25, 0.3) is 0 Å². The fourth-order valence-corrected chi connectivity index (χ4v) is 2.14. The first-order valence-corrected chi connectivity index (χ1v) is 6.77. The number of ether oxygens (including phenoxy) is 1. The van der Waals surface area contributed by atoms with Gasteiger partial charge < -0.3 is 14.5 Å². The van der Waals surface area contributed by atoms with Gasteiger partial charge >= 0.3 is 0 Å². The molecule has 3 heteroatoms. The summed E-state index contributed by atoms with van der Waals surface area (Å²) in [5.41, 5.74) is 1.17. The van der Waals surface area contributed by atoms with Crippen molar-refractivity contribution < 1.29 is 9.15 Å². The topological polar surface area (TPSA) is 34.4 Å². The van der Waals surface area contributed by atoms with Crippen LogP contribution >= 0.6 is 0 Å². The minimum absolute atomic E-state index is 0.0796. The molecule has 1 aromatic heterocycles. The zero-order chi connectivity index (χ0) is 13.7. The minimum atomic E-state index is 0.0796. The average molecular weight is 259 g/mol. The van der Waals surface area contributed by atoms with Crippen LogP contribution in [0.2, 0.25) is 0 Å². The summed E-state index contributed by atoms with van der Waals surface area (Å²) in [6.07, 6.45) is 0.916. The first kappa shape index (κ1) is 13.7. The zero-order valence-corrected chi connectivity index (χ0v) is 11.8. The lowest BCUT2D eigenvalue weighted by molar-refractivity contribution is 0.340. The number of benzene rings is 1. The van der Waals surface area contributed by atoms with Crippen LogP contribution in [0, 0.1) is 0 Å². The predicted molar refractivity (Wildman–Crippen MR) is 76.6 cm³/mol. The van der Waals surface area contributed by atoms with Gasteiger partial charge in [-0.3, -0.25) is 0 Å². The van der Waals surface area contributed by atoms with Crippen LogP contribution in [0.5, 0.6) is 5.75 Å². The molecule has 0 bridgehead atoms. The van der Waals surface area contributed by atoms with Gasteiger partial charge in [-0.15, -0.1) is 0 Å². The molecule has 0 amide bonds. The number of nitrogens with one attached hydrogen (secondary N) is 1. The quantitative estimate of drug-likeness (QED) is 0.861. The van der Waals surface area contributed by atoms with Crippen LogP contribution in [0.4, 0.5) is 0 Å². The summed E-state index contributed by atoms with van der Waals surface area (Å²) in [6, 6.07) is 12.3. The van der Waals surface area contributed by atoms with Gasteiger partial charge in [-0.05, 0) is 43.8 Å². The Bertz CT molecular complexity index is 502. The van der Waals surface area contributed by atoms with E-state index in [9.17, 15) is 0 Å².